The standard InChI is InChI=1S/C13H13NO2S/c15-13(12-7-17-8-14-12)9-1-3-10(4-2-9)16-11-5-6-11/h1-4,7-8,11,13,15H,5-6H2. The summed E-state index contributed by atoms with van der Waals surface area (Å²) in [6.45, 7) is 0. The number of hydrogen-bond acceptors (Lipinski definition) is 4. The highest BCUT2D eigenvalue weighted by Gasteiger charge is 2.23. The fourth-order valence-corrected chi connectivity index (χ4v) is 2.21. The maximum Gasteiger partial charge on any atom is 0.122 e. The molecule has 1 aromatic carbocycles. The number of nitrogens with zero attached hydrogens (tertiary/aromatic N) is 1. The van der Waals surface area contributed by atoms with Gasteiger partial charge in [-0.1, -0.05) is 12.1 Å². The first-order valence-corrected chi connectivity index (χ1v) is 6.60. The number of hydrogen-bond donors (Lipinski definition) is 1. The van der Waals surface area contributed by atoms with Crippen LogP contribution in [0.3, 0.4) is 0 Å². The molecule has 1 aliphatic rings. The first-order valence-electron chi connectivity index (χ1n) is 5.66. The van der Waals surface area contributed by atoms with Crippen LogP contribution in [0.5, 0.6) is 5.75 Å². The van der Waals surface area contributed by atoms with Crippen molar-refractivity contribution in [2.24, 2.45) is 0 Å². The average Bonchev–Trinajstić information content (AvgIpc) is 3.00. The minimum Gasteiger partial charge on any atom is -0.490 e. The maximum atomic E-state index is 10.1. The fourth-order valence-electron chi connectivity index (χ4n) is 1.63. The van der Waals surface area contributed by atoms with E-state index in [0.29, 0.717) is 11.8 Å². The summed E-state index contributed by atoms with van der Waals surface area (Å²) in [4.78, 5) is 4.11. The lowest BCUT2D eigenvalue weighted by molar-refractivity contribution is 0.216. The summed E-state index contributed by atoms with van der Waals surface area (Å²) < 4.78 is 5.66. The van der Waals surface area contributed by atoms with Gasteiger partial charge in [0.2, 0.25) is 0 Å². The Labute approximate surface area is 104 Å². The van der Waals surface area contributed by atoms with Crippen molar-refractivity contribution in [3.63, 3.8) is 0 Å². The molecular weight excluding hydrogens is 234 g/mol. The summed E-state index contributed by atoms with van der Waals surface area (Å²) in [5.41, 5.74) is 3.27. The molecule has 1 N–H and O–H groups in total. The van der Waals surface area contributed by atoms with Crippen molar-refractivity contribution in [2.75, 3.05) is 0 Å². The van der Waals surface area contributed by atoms with Crippen molar-refractivity contribution < 1.29 is 9.84 Å². The molecule has 0 aliphatic heterocycles. The Morgan fingerprint density at radius 3 is 2.65 bits per heavy atom. The number of aliphatic hydroxyl groups excluding tert-OH is 1. The topological polar surface area (TPSA) is 42.4 Å². The van der Waals surface area contributed by atoms with Crippen LogP contribution in [0.15, 0.2) is 35.2 Å². The highest BCUT2D eigenvalue weighted by atomic mass is 32.1. The molecule has 1 aromatic heterocycles. The number of aromatic nitrogens is 1. The summed E-state index contributed by atoms with van der Waals surface area (Å²) in [6.07, 6.45) is 2.08. The highest BCUT2D eigenvalue weighted by molar-refractivity contribution is 7.07. The molecule has 0 amide bonds. The lowest BCUT2D eigenvalue weighted by atomic mass is 10.1. The Bertz CT molecular complexity index is 477. The van der Waals surface area contributed by atoms with E-state index in [0.717, 1.165) is 24.2 Å². The minimum atomic E-state index is -0.642. The van der Waals surface area contributed by atoms with Crippen molar-refractivity contribution in [1.82, 2.24) is 4.98 Å². The molecule has 1 saturated carbocycles. The van der Waals surface area contributed by atoms with E-state index in [1.54, 1.807) is 5.51 Å². The molecule has 2 aromatic rings. The number of rotatable bonds is 4. The van der Waals surface area contributed by atoms with E-state index >= 15 is 0 Å². The van der Waals surface area contributed by atoms with Gasteiger partial charge in [0, 0.05) is 5.38 Å². The van der Waals surface area contributed by atoms with Crippen LogP contribution in [0, 0.1) is 0 Å². The monoisotopic (exact) mass is 247 g/mol. The lowest BCUT2D eigenvalue weighted by Crippen LogP contribution is -2.00. The second-order valence-electron chi connectivity index (χ2n) is 4.20. The Hall–Kier alpha value is -1.39. The molecule has 17 heavy (non-hydrogen) atoms. The van der Waals surface area contributed by atoms with Gasteiger partial charge in [-0.15, -0.1) is 11.3 Å². The molecule has 0 spiro atoms. The number of aliphatic hydroxyl groups is 1. The molecule has 1 fully saturated rings. The zero-order chi connectivity index (χ0) is 11.7. The lowest BCUT2D eigenvalue weighted by Gasteiger charge is -2.09. The number of thiazole rings is 1. The third-order valence-corrected chi connectivity index (χ3v) is 3.36. The summed E-state index contributed by atoms with van der Waals surface area (Å²) in [6, 6.07) is 7.59. The van der Waals surface area contributed by atoms with Gasteiger partial charge in [-0.25, -0.2) is 4.98 Å². The van der Waals surface area contributed by atoms with E-state index in [9.17, 15) is 5.11 Å². The SMILES string of the molecule is OC(c1ccc(OC2CC2)cc1)c1cscn1. The third kappa shape index (κ3) is 2.48. The first-order chi connectivity index (χ1) is 8.33. The van der Waals surface area contributed by atoms with Gasteiger partial charge >= 0.3 is 0 Å². The smallest absolute Gasteiger partial charge is 0.122 e. The second-order valence-corrected chi connectivity index (χ2v) is 4.92. The molecule has 1 aliphatic carbocycles. The van der Waals surface area contributed by atoms with Gasteiger partial charge < -0.3 is 9.84 Å². The van der Waals surface area contributed by atoms with Gasteiger partial charge in [-0.3, -0.25) is 0 Å². The van der Waals surface area contributed by atoms with Crippen molar-refractivity contribution >= 4 is 11.3 Å². The van der Waals surface area contributed by atoms with Gasteiger partial charge in [0.25, 0.3) is 0 Å². The summed E-state index contributed by atoms with van der Waals surface area (Å²) >= 11 is 1.49. The molecular formula is C13H13NO2S. The molecule has 4 heteroatoms. The van der Waals surface area contributed by atoms with Gasteiger partial charge in [-0.2, -0.15) is 0 Å². The Morgan fingerprint density at radius 2 is 2.06 bits per heavy atom. The van der Waals surface area contributed by atoms with E-state index in [2.05, 4.69) is 4.98 Å². The van der Waals surface area contributed by atoms with Crippen LogP contribution in [-0.4, -0.2) is 16.2 Å². The molecule has 0 radical (unpaired) electrons. The van der Waals surface area contributed by atoms with Gasteiger partial charge in [0.05, 0.1) is 17.3 Å². The molecule has 1 heterocycles. The normalized spacial score (nSPS) is 16.8. The van der Waals surface area contributed by atoms with Gasteiger partial charge in [-0.05, 0) is 30.5 Å². The van der Waals surface area contributed by atoms with Crippen LogP contribution in [0.1, 0.15) is 30.2 Å². The van der Waals surface area contributed by atoms with Crippen molar-refractivity contribution in [1.29, 1.82) is 0 Å². The van der Waals surface area contributed by atoms with Crippen LogP contribution in [-0.2, 0) is 0 Å². The first kappa shape index (κ1) is 10.7. The van der Waals surface area contributed by atoms with Gasteiger partial charge in [0.1, 0.15) is 11.9 Å². The quantitative estimate of drug-likeness (QED) is 0.903. The molecule has 3 rings (SSSR count). The largest absolute Gasteiger partial charge is 0.490 e. The van der Waals surface area contributed by atoms with Crippen LogP contribution in [0.4, 0.5) is 0 Å². The summed E-state index contributed by atoms with van der Waals surface area (Å²) in [5.74, 6) is 0.877. The highest BCUT2D eigenvalue weighted by Crippen LogP contribution is 2.28. The Balaban J connectivity index is 1.74. The predicted molar refractivity (Wildman–Crippen MR) is 66.3 cm³/mol. The molecule has 3 nitrogen and oxygen atoms in total. The number of benzene rings is 1. The number of ether oxygens (including phenoxy) is 1. The van der Waals surface area contributed by atoms with Crippen LogP contribution in [0.2, 0.25) is 0 Å². The van der Waals surface area contributed by atoms with E-state index in [1.807, 2.05) is 29.6 Å². The van der Waals surface area contributed by atoms with Crippen LogP contribution in [0.25, 0.3) is 0 Å². The Morgan fingerprint density at radius 1 is 1.29 bits per heavy atom. The van der Waals surface area contributed by atoms with Crippen molar-refractivity contribution in [2.45, 2.75) is 25.0 Å². The summed E-state index contributed by atoms with van der Waals surface area (Å²) in [7, 11) is 0. The second kappa shape index (κ2) is 4.47. The zero-order valence-electron chi connectivity index (χ0n) is 9.24. The predicted octanol–water partition coefficient (Wildman–Crippen LogP) is 2.77. The average molecular weight is 247 g/mol. The fraction of sp³-hybridized carbons (Fsp3) is 0.308. The van der Waals surface area contributed by atoms with Crippen LogP contribution < -0.4 is 4.74 Å². The van der Waals surface area contributed by atoms with E-state index < -0.39 is 6.10 Å². The minimum absolute atomic E-state index is 0.407. The van der Waals surface area contributed by atoms with E-state index in [-0.39, 0.29) is 0 Å². The van der Waals surface area contributed by atoms with E-state index in [1.165, 1.54) is 11.3 Å². The molecule has 1 atom stereocenters. The zero-order valence-corrected chi connectivity index (χ0v) is 10.1. The molecule has 1 unspecified atom stereocenters. The van der Waals surface area contributed by atoms with Gasteiger partial charge in [0.15, 0.2) is 0 Å². The molecule has 0 bridgehead atoms. The van der Waals surface area contributed by atoms with Crippen molar-refractivity contribution in [3.8, 4) is 5.75 Å². The molecule has 0 saturated heterocycles. The summed E-state index contributed by atoms with van der Waals surface area (Å²) in [5, 5.41) is 11.9. The van der Waals surface area contributed by atoms with E-state index in [4.69, 9.17) is 4.74 Å². The maximum absolute atomic E-state index is 10.1. The van der Waals surface area contributed by atoms with Crippen LogP contribution >= 0.6 is 11.3 Å². The van der Waals surface area contributed by atoms with Crippen molar-refractivity contribution in [3.05, 3.63) is 46.4 Å². The molecule has 88 valence electrons. The third-order valence-electron chi connectivity index (χ3n) is 2.75. The Kier molecular flexibility index (Phi) is 2.82.